The van der Waals surface area contributed by atoms with Crippen molar-refractivity contribution in [1.82, 2.24) is 0 Å². The number of aliphatic hydroxyl groups excluding tert-OH is 2. The molecule has 0 aliphatic carbocycles. The van der Waals surface area contributed by atoms with Crippen LogP contribution in [0, 0.1) is 0 Å². The third-order valence-corrected chi connectivity index (χ3v) is 3.73. The van der Waals surface area contributed by atoms with Crippen LogP contribution in [0.25, 0.3) is 0 Å². The molecule has 1 amide bonds. The molecule has 2 atom stereocenters. The van der Waals surface area contributed by atoms with Crippen LogP contribution in [0.15, 0.2) is 12.1 Å². The van der Waals surface area contributed by atoms with Crippen molar-refractivity contribution in [3.8, 4) is 0 Å². The molecule has 1 saturated heterocycles. The van der Waals surface area contributed by atoms with E-state index in [0.29, 0.717) is 29.2 Å². The lowest BCUT2D eigenvalue weighted by Gasteiger charge is -2.20. The van der Waals surface area contributed by atoms with Gasteiger partial charge in [0.25, 0.3) is 5.91 Å². The van der Waals surface area contributed by atoms with Gasteiger partial charge in [0.05, 0.1) is 16.8 Å². The van der Waals surface area contributed by atoms with Crippen molar-refractivity contribution in [2.24, 2.45) is 0 Å². The normalized spacial score (nSPS) is 26.4. The number of amides is 1. The highest BCUT2D eigenvalue weighted by atomic mass is 35.5. The molecule has 3 rings (SSSR count). The molecule has 6 heteroatoms. The lowest BCUT2D eigenvalue weighted by molar-refractivity contribution is -0.123. The van der Waals surface area contributed by atoms with E-state index in [2.05, 4.69) is 5.32 Å². The van der Waals surface area contributed by atoms with E-state index in [1.54, 1.807) is 12.1 Å². The van der Waals surface area contributed by atoms with E-state index in [1.807, 2.05) is 4.90 Å². The molecule has 2 unspecified atom stereocenters. The summed E-state index contributed by atoms with van der Waals surface area (Å²) >= 11 is 6.18. The van der Waals surface area contributed by atoms with Crippen LogP contribution in [0.5, 0.6) is 0 Å². The number of carbonyl (C=O) groups is 1. The average Bonchev–Trinajstić information content (AvgIpc) is 2.86. The zero-order chi connectivity index (χ0) is 12.9. The Balaban J connectivity index is 1.98. The predicted octanol–water partition coefficient (Wildman–Crippen LogP) is 0.896. The van der Waals surface area contributed by atoms with Crippen molar-refractivity contribution in [3.63, 3.8) is 0 Å². The van der Waals surface area contributed by atoms with E-state index < -0.39 is 12.0 Å². The predicted molar refractivity (Wildman–Crippen MR) is 67.9 cm³/mol. The fraction of sp³-hybridized carbons (Fsp3) is 0.417. The summed E-state index contributed by atoms with van der Waals surface area (Å²) in [6.07, 6.45) is -0.771. The Morgan fingerprint density at radius 3 is 2.83 bits per heavy atom. The van der Waals surface area contributed by atoms with E-state index in [1.165, 1.54) is 0 Å². The van der Waals surface area contributed by atoms with E-state index in [-0.39, 0.29) is 6.10 Å². The summed E-state index contributed by atoms with van der Waals surface area (Å²) in [5, 5.41) is 22.3. The minimum atomic E-state index is -1.14. The molecule has 2 aliphatic heterocycles. The first-order valence-electron chi connectivity index (χ1n) is 5.81. The lowest BCUT2D eigenvalue weighted by atomic mass is 10.1. The van der Waals surface area contributed by atoms with Crippen LogP contribution in [0.2, 0.25) is 5.02 Å². The maximum atomic E-state index is 11.4. The number of β-amino-alcohol motifs (C(OH)–C–C–N with tert-alkyl or cyclic N) is 1. The van der Waals surface area contributed by atoms with Gasteiger partial charge in [-0.15, -0.1) is 0 Å². The van der Waals surface area contributed by atoms with Crippen LogP contribution >= 0.6 is 11.6 Å². The van der Waals surface area contributed by atoms with E-state index in [9.17, 15) is 15.0 Å². The number of fused-ring (bicyclic) bond motifs is 1. The molecule has 0 saturated carbocycles. The number of aliphatic hydroxyl groups is 2. The van der Waals surface area contributed by atoms with Gasteiger partial charge in [-0.25, -0.2) is 0 Å². The third-order valence-electron chi connectivity index (χ3n) is 3.42. The van der Waals surface area contributed by atoms with Crippen LogP contribution < -0.4 is 10.2 Å². The first-order chi connectivity index (χ1) is 8.56. The van der Waals surface area contributed by atoms with Gasteiger partial charge >= 0.3 is 0 Å². The summed E-state index contributed by atoms with van der Waals surface area (Å²) < 4.78 is 0. The molecule has 2 aliphatic rings. The average molecular weight is 269 g/mol. The highest BCUT2D eigenvalue weighted by Gasteiger charge is 2.31. The van der Waals surface area contributed by atoms with Crippen molar-refractivity contribution in [1.29, 1.82) is 0 Å². The summed E-state index contributed by atoms with van der Waals surface area (Å²) in [6, 6.07) is 3.36. The molecule has 0 radical (unpaired) electrons. The molecule has 0 aromatic heterocycles. The Hall–Kier alpha value is -1.30. The molecular weight excluding hydrogens is 256 g/mol. The van der Waals surface area contributed by atoms with Crippen LogP contribution in [-0.4, -0.2) is 35.3 Å². The smallest absolute Gasteiger partial charge is 0.257 e. The van der Waals surface area contributed by atoms with Gasteiger partial charge in [0.15, 0.2) is 6.10 Å². The SMILES string of the molecule is O=C1Nc2cc(N3CCC(O)C3)c(Cl)cc2C1O. The molecule has 0 bridgehead atoms. The molecule has 1 aromatic carbocycles. The number of carbonyl (C=O) groups excluding carboxylic acids is 1. The number of halogens is 1. The van der Waals surface area contributed by atoms with E-state index in [4.69, 9.17) is 11.6 Å². The fourth-order valence-electron chi connectivity index (χ4n) is 2.46. The Bertz CT molecular complexity index is 520. The van der Waals surface area contributed by atoms with Crippen molar-refractivity contribution in [3.05, 3.63) is 22.7 Å². The Morgan fingerprint density at radius 1 is 1.39 bits per heavy atom. The number of nitrogens with zero attached hydrogens (tertiary/aromatic N) is 1. The zero-order valence-corrected chi connectivity index (χ0v) is 10.3. The number of rotatable bonds is 1. The van der Waals surface area contributed by atoms with Crippen LogP contribution in [0.4, 0.5) is 11.4 Å². The molecule has 18 heavy (non-hydrogen) atoms. The maximum absolute atomic E-state index is 11.4. The van der Waals surface area contributed by atoms with Crippen LogP contribution in [0.1, 0.15) is 18.1 Å². The Kier molecular flexibility index (Phi) is 2.69. The summed E-state index contributed by atoms with van der Waals surface area (Å²) in [5.41, 5.74) is 1.88. The molecule has 5 nitrogen and oxygen atoms in total. The topological polar surface area (TPSA) is 72.8 Å². The third kappa shape index (κ3) is 1.75. The number of hydrogen-bond donors (Lipinski definition) is 3. The van der Waals surface area contributed by atoms with Crippen LogP contribution in [-0.2, 0) is 4.79 Å². The Labute approximate surface area is 109 Å². The number of hydrogen-bond acceptors (Lipinski definition) is 4. The molecular formula is C12H13ClN2O3. The zero-order valence-electron chi connectivity index (χ0n) is 9.56. The second kappa shape index (κ2) is 4.12. The minimum Gasteiger partial charge on any atom is -0.391 e. The van der Waals surface area contributed by atoms with Gasteiger partial charge in [0.1, 0.15) is 0 Å². The quantitative estimate of drug-likeness (QED) is 0.708. The van der Waals surface area contributed by atoms with Crippen molar-refractivity contribution >= 4 is 28.9 Å². The van der Waals surface area contributed by atoms with Gasteiger partial charge in [0.2, 0.25) is 0 Å². The van der Waals surface area contributed by atoms with Crippen molar-refractivity contribution < 1.29 is 15.0 Å². The van der Waals surface area contributed by atoms with Gasteiger partial charge in [0, 0.05) is 24.3 Å². The van der Waals surface area contributed by atoms with Gasteiger partial charge in [-0.3, -0.25) is 4.79 Å². The molecule has 96 valence electrons. The highest BCUT2D eigenvalue weighted by molar-refractivity contribution is 6.33. The van der Waals surface area contributed by atoms with Crippen molar-refractivity contribution in [2.75, 3.05) is 23.3 Å². The molecule has 1 aromatic rings. The summed E-state index contributed by atoms with van der Waals surface area (Å²) in [4.78, 5) is 13.3. The molecule has 3 N–H and O–H groups in total. The maximum Gasteiger partial charge on any atom is 0.257 e. The minimum absolute atomic E-state index is 0.338. The second-order valence-corrected chi connectivity index (χ2v) is 5.08. The van der Waals surface area contributed by atoms with E-state index in [0.717, 1.165) is 12.2 Å². The summed E-state index contributed by atoms with van der Waals surface area (Å²) in [6.45, 7) is 1.27. The van der Waals surface area contributed by atoms with Crippen molar-refractivity contribution in [2.45, 2.75) is 18.6 Å². The number of anilines is 2. The molecule has 1 fully saturated rings. The number of nitrogens with one attached hydrogen (secondary N) is 1. The summed E-state index contributed by atoms with van der Waals surface area (Å²) in [7, 11) is 0. The molecule has 2 heterocycles. The Morgan fingerprint density at radius 2 is 2.17 bits per heavy atom. The van der Waals surface area contributed by atoms with Crippen LogP contribution in [0.3, 0.4) is 0 Å². The van der Waals surface area contributed by atoms with Gasteiger partial charge in [-0.2, -0.15) is 0 Å². The monoisotopic (exact) mass is 268 g/mol. The highest BCUT2D eigenvalue weighted by Crippen LogP contribution is 2.39. The lowest BCUT2D eigenvalue weighted by Crippen LogP contribution is -2.21. The largest absolute Gasteiger partial charge is 0.391 e. The summed E-state index contributed by atoms with van der Waals surface area (Å²) in [5.74, 6) is -0.431. The van der Waals surface area contributed by atoms with Gasteiger partial charge < -0.3 is 20.4 Å². The first kappa shape index (κ1) is 11.8. The van der Waals surface area contributed by atoms with Gasteiger partial charge in [-0.05, 0) is 18.6 Å². The van der Waals surface area contributed by atoms with E-state index >= 15 is 0 Å². The molecule has 0 spiro atoms. The number of benzene rings is 1. The fourth-order valence-corrected chi connectivity index (χ4v) is 2.75. The first-order valence-corrected chi connectivity index (χ1v) is 6.19. The second-order valence-electron chi connectivity index (χ2n) is 4.67. The standard InChI is InChI=1S/C12H13ClN2O3/c13-8-3-7-9(14-12(18)11(7)17)4-10(8)15-2-1-6(16)5-15/h3-4,6,11,16-17H,1-2,5H2,(H,14,18). The van der Waals surface area contributed by atoms with Gasteiger partial charge in [-0.1, -0.05) is 11.6 Å².